The van der Waals surface area contributed by atoms with Crippen molar-refractivity contribution in [2.45, 2.75) is 13.1 Å². The summed E-state index contributed by atoms with van der Waals surface area (Å²) < 4.78 is 0. The third-order valence-corrected chi connectivity index (χ3v) is 5.36. The van der Waals surface area contributed by atoms with Crippen LogP contribution in [-0.4, -0.2) is 0 Å². The van der Waals surface area contributed by atoms with E-state index in [0.717, 1.165) is 0 Å². The van der Waals surface area contributed by atoms with Gasteiger partial charge in [0.1, 0.15) is 6.17 Å². The van der Waals surface area contributed by atoms with Crippen LogP contribution < -0.4 is 10.2 Å². The monoisotopic (exact) mass is 362 g/mol. The van der Waals surface area contributed by atoms with Crippen molar-refractivity contribution in [1.29, 1.82) is 0 Å². The Morgan fingerprint density at radius 2 is 1.25 bits per heavy atom. The van der Waals surface area contributed by atoms with Gasteiger partial charge in [0.15, 0.2) is 0 Å². The maximum atomic E-state index is 3.69. The Labute approximate surface area is 166 Å². The fourth-order valence-electron chi connectivity index (χ4n) is 3.87. The fourth-order valence-corrected chi connectivity index (χ4v) is 3.87. The first-order valence-corrected chi connectivity index (χ1v) is 9.66. The molecule has 2 heteroatoms. The summed E-state index contributed by atoms with van der Waals surface area (Å²) in [6, 6.07) is 36.7. The summed E-state index contributed by atoms with van der Waals surface area (Å²) in [6.07, 6.45) is 0.0758. The van der Waals surface area contributed by atoms with Gasteiger partial charge in [-0.15, -0.1) is 0 Å². The Kier molecular flexibility index (Phi) is 4.10. The first kappa shape index (κ1) is 16.6. The van der Waals surface area contributed by atoms with E-state index >= 15 is 0 Å². The largest absolute Gasteiger partial charge is 0.359 e. The second-order valence-corrected chi connectivity index (χ2v) is 7.26. The minimum absolute atomic E-state index is 0.0758. The number of hydrogen-bond acceptors (Lipinski definition) is 2. The van der Waals surface area contributed by atoms with Crippen molar-refractivity contribution in [1.82, 2.24) is 0 Å². The fraction of sp³-hybridized carbons (Fsp3) is 0.0769. The molecule has 1 aliphatic rings. The van der Waals surface area contributed by atoms with E-state index in [4.69, 9.17) is 0 Å². The molecule has 136 valence electrons. The Morgan fingerprint density at radius 3 is 1.96 bits per heavy atom. The normalized spacial score (nSPS) is 15.2. The quantitative estimate of drug-likeness (QED) is 0.425. The van der Waals surface area contributed by atoms with E-state index in [0.29, 0.717) is 0 Å². The number of anilines is 3. The predicted octanol–water partition coefficient (Wildman–Crippen LogP) is 6.92. The van der Waals surface area contributed by atoms with E-state index < -0.39 is 0 Å². The Balaban J connectivity index is 1.52. The molecule has 0 fully saturated rings. The molecule has 1 N–H and O–H groups in total. The van der Waals surface area contributed by atoms with Crippen molar-refractivity contribution in [3.63, 3.8) is 0 Å². The van der Waals surface area contributed by atoms with E-state index in [2.05, 4.69) is 120 Å². The lowest BCUT2D eigenvalue weighted by atomic mass is 10.0. The lowest BCUT2D eigenvalue weighted by Gasteiger charge is -2.27. The molecule has 2 nitrogen and oxygen atoms in total. The molecule has 0 saturated heterocycles. The van der Waals surface area contributed by atoms with Crippen LogP contribution in [0.25, 0.3) is 11.1 Å². The van der Waals surface area contributed by atoms with Crippen molar-refractivity contribution in [3.05, 3.63) is 114 Å². The molecular formula is C26H22N2. The van der Waals surface area contributed by atoms with Gasteiger partial charge in [0.25, 0.3) is 0 Å². The smallest absolute Gasteiger partial charge is 0.130 e. The van der Waals surface area contributed by atoms with Crippen molar-refractivity contribution in [2.24, 2.45) is 0 Å². The minimum atomic E-state index is 0.0758. The minimum Gasteiger partial charge on any atom is -0.359 e. The highest BCUT2D eigenvalue weighted by Crippen LogP contribution is 2.45. The number of aryl methyl sites for hydroxylation is 1. The maximum absolute atomic E-state index is 3.69. The van der Waals surface area contributed by atoms with Crippen molar-refractivity contribution < 1.29 is 0 Å². The van der Waals surface area contributed by atoms with E-state index in [1.54, 1.807) is 0 Å². The second kappa shape index (κ2) is 6.90. The van der Waals surface area contributed by atoms with Crippen molar-refractivity contribution in [2.75, 3.05) is 10.2 Å². The van der Waals surface area contributed by atoms with Gasteiger partial charge in [-0.3, -0.25) is 0 Å². The lowest BCUT2D eigenvalue weighted by molar-refractivity contribution is 0.828. The summed E-state index contributed by atoms with van der Waals surface area (Å²) in [6.45, 7) is 2.12. The molecule has 0 spiro atoms. The number of nitrogens with zero attached hydrogens (tertiary/aromatic N) is 1. The summed E-state index contributed by atoms with van der Waals surface area (Å²) in [7, 11) is 0. The summed E-state index contributed by atoms with van der Waals surface area (Å²) in [5, 5.41) is 3.69. The summed E-state index contributed by atoms with van der Waals surface area (Å²) in [5.74, 6) is 0. The Morgan fingerprint density at radius 1 is 0.643 bits per heavy atom. The number of hydrogen-bond donors (Lipinski definition) is 1. The first-order valence-electron chi connectivity index (χ1n) is 9.66. The van der Waals surface area contributed by atoms with Crippen LogP contribution in [0.3, 0.4) is 0 Å². The molecule has 0 bridgehead atoms. The van der Waals surface area contributed by atoms with Crippen LogP contribution in [-0.2, 0) is 0 Å². The van der Waals surface area contributed by atoms with Gasteiger partial charge in [-0.25, -0.2) is 0 Å². The zero-order valence-corrected chi connectivity index (χ0v) is 15.8. The van der Waals surface area contributed by atoms with Crippen LogP contribution in [0, 0.1) is 6.92 Å². The molecule has 0 radical (unpaired) electrons. The SMILES string of the molecule is Cc1ccc(-c2ccc(C3Nc4ccccc4N3c3ccccc3)cc2)cc1. The van der Waals surface area contributed by atoms with Crippen LogP contribution in [0.4, 0.5) is 17.1 Å². The molecule has 0 aromatic heterocycles. The average Bonchev–Trinajstić information content (AvgIpc) is 3.15. The molecule has 4 aromatic rings. The third-order valence-electron chi connectivity index (χ3n) is 5.36. The predicted molar refractivity (Wildman–Crippen MR) is 118 cm³/mol. The molecule has 1 aliphatic heterocycles. The Bertz CT molecular complexity index is 1080. The van der Waals surface area contributed by atoms with Crippen LogP contribution in [0.5, 0.6) is 0 Å². The zero-order valence-electron chi connectivity index (χ0n) is 15.8. The third kappa shape index (κ3) is 2.93. The van der Waals surface area contributed by atoms with Gasteiger partial charge >= 0.3 is 0 Å². The highest BCUT2D eigenvalue weighted by molar-refractivity contribution is 5.83. The summed E-state index contributed by atoms with van der Waals surface area (Å²) in [5.41, 5.74) is 8.58. The van der Waals surface area contributed by atoms with E-state index in [9.17, 15) is 0 Å². The van der Waals surface area contributed by atoms with Gasteiger partial charge in [-0.05, 0) is 47.9 Å². The van der Waals surface area contributed by atoms with Crippen LogP contribution in [0.15, 0.2) is 103 Å². The van der Waals surface area contributed by atoms with E-state index in [-0.39, 0.29) is 6.17 Å². The van der Waals surface area contributed by atoms with Gasteiger partial charge in [0, 0.05) is 5.69 Å². The number of fused-ring (bicyclic) bond motifs is 1. The van der Waals surface area contributed by atoms with Gasteiger partial charge in [-0.1, -0.05) is 84.4 Å². The molecule has 1 heterocycles. The number of rotatable bonds is 3. The van der Waals surface area contributed by atoms with Crippen LogP contribution in [0.2, 0.25) is 0 Å². The second-order valence-electron chi connectivity index (χ2n) is 7.26. The van der Waals surface area contributed by atoms with Crippen molar-refractivity contribution >= 4 is 17.1 Å². The molecule has 4 aromatic carbocycles. The molecule has 1 unspecified atom stereocenters. The van der Waals surface area contributed by atoms with Gasteiger partial charge in [0.05, 0.1) is 11.4 Å². The van der Waals surface area contributed by atoms with Gasteiger partial charge in [-0.2, -0.15) is 0 Å². The van der Waals surface area contributed by atoms with Gasteiger partial charge < -0.3 is 10.2 Å². The van der Waals surface area contributed by atoms with E-state index in [1.807, 2.05) is 0 Å². The van der Waals surface area contributed by atoms with Crippen LogP contribution >= 0.6 is 0 Å². The maximum Gasteiger partial charge on any atom is 0.130 e. The van der Waals surface area contributed by atoms with Crippen molar-refractivity contribution in [3.8, 4) is 11.1 Å². The first-order chi connectivity index (χ1) is 13.8. The molecular weight excluding hydrogens is 340 g/mol. The molecule has 0 saturated carbocycles. The number of nitrogens with one attached hydrogen (secondary N) is 1. The average molecular weight is 362 g/mol. The molecule has 0 aliphatic carbocycles. The molecule has 5 rings (SSSR count). The summed E-state index contributed by atoms with van der Waals surface area (Å²) in [4.78, 5) is 2.37. The highest BCUT2D eigenvalue weighted by Gasteiger charge is 2.30. The van der Waals surface area contributed by atoms with E-state index in [1.165, 1.54) is 39.3 Å². The van der Waals surface area contributed by atoms with Gasteiger partial charge in [0.2, 0.25) is 0 Å². The zero-order chi connectivity index (χ0) is 18.9. The summed E-state index contributed by atoms with van der Waals surface area (Å²) >= 11 is 0. The molecule has 0 amide bonds. The highest BCUT2D eigenvalue weighted by atomic mass is 15.3. The molecule has 28 heavy (non-hydrogen) atoms. The number of benzene rings is 4. The number of para-hydroxylation sites is 3. The van der Waals surface area contributed by atoms with Crippen LogP contribution in [0.1, 0.15) is 17.3 Å². The lowest BCUT2D eigenvalue weighted by Crippen LogP contribution is -2.23. The molecule has 1 atom stereocenters. The standard InChI is InChI=1S/C26H22N2/c1-19-11-13-20(14-12-19)21-15-17-22(18-16-21)26-27-24-9-5-6-10-25(24)28(26)23-7-3-2-4-8-23/h2-18,26-27H,1H3. The Hall–Kier alpha value is -3.52. The topological polar surface area (TPSA) is 15.3 Å².